The van der Waals surface area contributed by atoms with E-state index >= 15 is 0 Å². The second kappa shape index (κ2) is 7.26. The molecule has 1 aromatic heterocycles. The minimum atomic E-state index is -0.0368. The summed E-state index contributed by atoms with van der Waals surface area (Å²) in [5.74, 6) is 2.44. The number of piperidine rings is 1. The maximum absolute atomic E-state index is 12.9. The van der Waals surface area contributed by atoms with Crippen LogP contribution in [-0.4, -0.2) is 34.2 Å². The van der Waals surface area contributed by atoms with Crippen molar-refractivity contribution in [3.63, 3.8) is 0 Å². The first-order valence-electron chi connectivity index (χ1n) is 10.1. The van der Waals surface area contributed by atoms with Crippen LogP contribution in [0.3, 0.4) is 0 Å². The van der Waals surface area contributed by atoms with Gasteiger partial charge in [-0.25, -0.2) is 4.79 Å². The highest BCUT2D eigenvalue weighted by Gasteiger charge is 2.30. The van der Waals surface area contributed by atoms with Gasteiger partial charge in [0.05, 0.1) is 5.69 Å². The van der Waals surface area contributed by atoms with E-state index < -0.39 is 0 Å². The second-order valence-electron chi connectivity index (χ2n) is 7.94. The maximum atomic E-state index is 12.9. The van der Waals surface area contributed by atoms with Crippen LogP contribution in [0.25, 0.3) is 10.8 Å². The third-order valence-corrected chi connectivity index (χ3v) is 5.73. The molecule has 2 aliphatic rings. The fraction of sp³-hybridized carbons (Fsp3) is 0.409. The van der Waals surface area contributed by atoms with Gasteiger partial charge in [0.25, 0.3) is 0 Å². The van der Waals surface area contributed by atoms with Gasteiger partial charge in [-0.2, -0.15) is 4.98 Å². The van der Waals surface area contributed by atoms with E-state index in [1.165, 1.54) is 12.8 Å². The quantitative estimate of drug-likeness (QED) is 0.723. The molecule has 2 amide bonds. The smallest absolute Gasteiger partial charge is 0.321 e. The summed E-state index contributed by atoms with van der Waals surface area (Å²) in [5.41, 5.74) is 0.858. The number of hydrogen-bond donors (Lipinski definition) is 1. The molecule has 144 valence electrons. The Bertz CT molecular complexity index is 990. The molecular formula is C22H24N4O2. The SMILES string of the molecule is O=C(Nc1cccc2ccccc12)N1CCCC(Cc2nc(C3CC3)no2)C1. The molecule has 1 unspecified atom stereocenters. The molecule has 28 heavy (non-hydrogen) atoms. The molecule has 1 atom stereocenters. The standard InChI is InChI=1S/C22H24N4O2/c27-22(23-19-9-3-7-16-6-1-2-8-18(16)19)26-12-4-5-15(14-26)13-20-24-21(25-28-20)17-10-11-17/h1-3,6-9,15,17H,4-5,10-14H2,(H,23,27). The Kier molecular flexibility index (Phi) is 4.47. The summed E-state index contributed by atoms with van der Waals surface area (Å²) in [6, 6.07) is 14.1. The number of nitrogens with one attached hydrogen (secondary N) is 1. The van der Waals surface area contributed by atoms with E-state index in [4.69, 9.17) is 4.52 Å². The van der Waals surface area contributed by atoms with Crippen molar-refractivity contribution in [1.29, 1.82) is 0 Å². The Morgan fingerprint density at radius 3 is 2.89 bits per heavy atom. The predicted octanol–water partition coefficient (Wildman–Crippen LogP) is 4.59. The van der Waals surface area contributed by atoms with Crippen molar-refractivity contribution in [2.45, 2.75) is 38.0 Å². The van der Waals surface area contributed by atoms with Gasteiger partial charge in [-0.3, -0.25) is 0 Å². The van der Waals surface area contributed by atoms with Crippen molar-refractivity contribution in [3.8, 4) is 0 Å². The molecule has 0 radical (unpaired) electrons. The molecule has 5 rings (SSSR count). The Morgan fingerprint density at radius 1 is 1.14 bits per heavy atom. The van der Waals surface area contributed by atoms with Gasteiger partial charge in [-0.1, -0.05) is 41.6 Å². The predicted molar refractivity (Wildman–Crippen MR) is 107 cm³/mol. The zero-order valence-corrected chi connectivity index (χ0v) is 15.8. The molecule has 0 bridgehead atoms. The van der Waals surface area contributed by atoms with Crippen LogP contribution in [-0.2, 0) is 6.42 Å². The molecule has 6 nitrogen and oxygen atoms in total. The van der Waals surface area contributed by atoms with Crippen LogP contribution in [0, 0.1) is 5.92 Å². The summed E-state index contributed by atoms with van der Waals surface area (Å²) in [7, 11) is 0. The number of carbonyl (C=O) groups is 1. The molecule has 2 fully saturated rings. The van der Waals surface area contributed by atoms with Gasteiger partial charge in [0.15, 0.2) is 5.82 Å². The van der Waals surface area contributed by atoms with Gasteiger partial charge in [-0.15, -0.1) is 0 Å². The van der Waals surface area contributed by atoms with Crippen molar-refractivity contribution in [3.05, 3.63) is 54.2 Å². The minimum absolute atomic E-state index is 0.0368. The van der Waals surface area contributed by atoms with E-state index in [0.29, 0.717) is 17.7 Å². The zero-order valence-electron chi connectivity index (χ0n) is 15.8. The molecule has 2 aromatic carbocycles. The van der Waals surface area contributed by atoms with Crippen LogP contribution in [0.4, 0.5) is 10.5 Å². The lowest BCUT2D eigenvalue weighted by Crippen LogP contribution is -2.42. The van der Waals surface area contributed by atoms with Crippen LogP contribution in [0.1, 0.15) is 43.3 Å². The highest BCUT2D eigenvalue weighted by molar-refractivity contribution is 6.01. The number of hydrogen-bond acceptors (Lipinski definition) is 4. The van der Waals surface area contributed by atoms with Gasteiger partial charge < -0.3 is 14.7 Å². The Hall–Kier alpha value is -2.89. The maximum Gasteiger partial charge on any atom is 0.321 e. The van der Waals surface area contributed by atoms with E-state index in [-0.39, 0.29) is 6.03 Å². The summed E-state index contributed by atoms with van der Waals surface area (Å²) in [6.45, 7) is 1.50. The zero-order chi connectivity index (χ0) is 18.9. The summed E-state index contributed by atoms with van der Waals surface area (Å²) in [6.07, 6.45) is 5.17. The lowest BCUT2D eigenvalue weighted by atomic mass is 9.95. The van der Waals surface area contributed by atoms with E-state index in [0.717, 1.165) is 54.6 Å². The van der Waals surface area contributed by atoms with E-state index in [1.54, 1.807) is 0 Å². The van der Waals surface area contributed by atoms with E-state index in [1.807, 2.05) is 35.2 Å². The lowest BCUT2D eigenvalue weighted by Gasteiger charge is -2.32. The minimum Gasteiger partial charge on any atom is -0.339 e. The number of aromatic nitrogens is 2. The first-order valence-corrected chi connectivity index (χ1v) is 10.1. The number of fused-ring (bicyclic) bond motifs is 1. The molecule has 6 heteroatoms. The monoisotopic (exact) mass is 376 g/mol. The van der Waals surface area contributed by atoms with Crippen LogP contribution in [0.5, 0.6) is 0 Å². The van der Waals surface area contributed by atoms with Crippen molar-refractivity contribution < 1.29 is 9.32 Å². The molecule has 1 saturated heterocycles. The first-order chi connectivity index (χ1) is 13.8. The lowest BCUT2D eigenvalue weighted by molar-refractivity contribution is 0.173. The number of nitrogens with zero attached hydrogens (tertiary/aromatic N) is 3. The summed E-state index contributed by atoms with van der Waals surface area (Å²) in [5, 5.41) is 9.39. The van der Waals surface area contributed by atoms with Gasteiger partial charge in [0.1, 0.15) is 0 Å². The van der Waals surface area contributed by atoms with Crippen molar-refractivity contribution in [2.24, 2.45) is 5.92 Å². The number of carbonyl (C=O) groups excluding carboxylic acids is 1. The number of likely N-dealkylation sites (tertiary alicyclic amines) is 1. The van der Waals surface area contributed by atoms with Crippen LogP contribution in [0.15, 0.2) is 47.0 Å². The van der Waals surface area contributed by atoms with Crippen molar-refractivity contribution >= 4 is 22.5 Å². The Morgan fingerprint density at radius 2 is 2.00 bits per heavy atom. The first kappa shape index (κ1) is 17.2. The largest absolute Gasteiger partial charge is 0.339 e. The van der Waals surface area contributed by atoms with Gasteiger partial charge >= 0.3 is 6.03 Å². The normalized spacial score (nSPS) is 19.7. The van der Waals surface area contributed by atoms with E-state index in [2.05, 4.69) is 27.6 Å². The van der Waals surface area contributed by atoms with Crippen molar-refractivity contribution in [1.82, 2.24) is 15.0 Å². The third-order valence-electron chi connectivity index (χ3n) is 5.73. The molecule has 3 aromatic rings. The van der Waals surface area contributed by atoms with Gasteiger partial charge in [0, 0.05) is 30.8 Å². The second-order valence-corrected chi connectivity index (χ2v) is 7.94. The summed E-state index contributed by atoms with van der Waals surface area (Å²) >= 11 is 0. The fourth-order valence-corrected chi connectivity index (χ4v) is 4.05. The fourth-order valence-electron chi connectivity index (χ4n) is 4.05. The number of urea groups is 1. The Balaban J connectivity index is 1.24. The number of anilines is 1. The average molecular weight is 376 g/mol. The van der Waals surface area contributed by atoms with Crippen LogP contribution >= 0.6 is 0 Å². The Labute approximate surface area is 163 Å². The molecule has 0 spiro atoms. The molecule has 1 N–H and O–H groups in total. The van der Waals surface area contributed by atoms with Crippen molar-refractivity contribution in [2.75, 3.05) is 18.4 Å². The number of rotatable bonds is 4. The topological polar surface area (TPSA) is 71.3 Å². The molecular weight excluding hydrogens is 352 g/mol. The summed E-state index contributed by atoms with van der Waals surface area (Å²) < 4.78 is 5.43. The van der Waals surface area contributed by atoms with Gasteiger partial charge in [-0.05, 0) is 43.1 Å². The molecule has 1 saturated carbocycles. The van der Waals surface area contributed by atoms with Crippen LogP contribution < -0.4 is 5.32 Å². The average Bonchev–Trinajstić information content (AvgIpc) is 3.48. The van der Waals surface area contributed by atoms with Gasteiger partial charge in [0.2, 0.25) is 5.89 Å². The van der Waals surface area contributed by atoms with Crippen LogP contribution in [0.2, 0.25) is 0 Å². The number of amides is 2. The molecule has 1 aliphatic carbocycles. The summed E-state index contributed by atoms with van der Waals surface area (Å²) in [4.78, 5) is 19.3. The number of benzene rings is 2. The van der Waals surface area contributed by atoms with E-state index in [9.17, 15) is 4.79 Å². The highest BCUT2D eigenvalue weighted by atomic mass is 16.5. The third kappa shape index (κ3) is 3.59. The highest BCUT2D eigenvalue weighted by Crippen LogP contribution is 2.38. The molecule has 1 aliphatic heterocycles. The molecule has 2 heterocycles.